The van der Waals surface area contributed by atoms with Crippen LogP contribution in [0.25, 0.3) is 0 Å². The van der Waals surface area contributed by atoms with E-state index in [2.05, 4.69) is 52.2 Å². The first kappa shape index (κ1) is 19.4. The van der Waals surface area contributed by atoms with E-state index in [1.807, 2.05) is 0 Å². The second-order valence-electron chi connectivity index (χ2n) is 7.33. The fourth-order valence-corrected chi connectivity index (χ4v) is 1.59. The van der Waals surface area contributed by atoms with E-state index in [1.165, 1.54) is 0 Å². The number of ether oxygens (including phenoxy) is 1. The zero-order valence-corrected chi connectivity index (χ0v) is 14.3. The van der Waals surface area contributed by atoms with Crippen molar-refractivity contribution < 1.29 is 9.53 Å². The summed E-state index contributed by atoms with van der Waals surface area (Å²) in [5, 5.41) is 6.11. The molecule has 20 heavy (non-hydrogen) atoms. The number of amides is 1. The first-order chi connectivity index (χ1) is 9.10. The van der Waals surface area contributed by atoms with Crippen LogP contribution in [0.2, 0.25) is 0 Å². The summed E-state index contributed by atoms with van der Waals surface area (Å²) in [5.41, 5.74) is -0.0432. The first-order valence-corrected chi connectivity index (χ1v) is 7.76. The third kappa shape index (κ3) is 15.4. The Morgan fingerprint density at radius 1 is 0.950 bits per heavy atom. The van der Waals surface area contributed by atoms with Gasteiger partial charge in [0.15, 0.2) is 0 Å². The number of unbranched alkanes of at least 4 members (excludes halogenated alkanes) is 3. The monoisotopic (exact) mass is 286 g/mol. The molecule has 0 saturated carbocycles. The number of hydrogen-bond acceptors (Lipinski definition) is 3. The van der Waals surface area contributed by atoms with Crippen LogP contribution >= 0.6 is 0 Å². The number of hydrogen-bond donors (Lipinski definition) is 2. The first-order valence-electron chi connectivity index (χ1n) is 7.76. The maximum atomic E-state index is 11.5. The summed E-state index contributed by atoms with van der Waals surface area (Å²) in [7, 11) is 0. The molecule has 0 heterocycles. The molecule has 0 radical (unpaired) electrons. The van der Waals surface area contributed by atoms with E-state index < -0.39 is 0 Å². The van der Waals surface area contributed by atoms with Crippen LogP contribution in [0.4, 0.5) is 0 Å². The maximum absolute atomic E-state index is 11.5. The van der Waals surface area contributed by atoms with Gasteiger partial charge in [-0.15, -0.1) is 0 Å². The topological polar surface area (TPSA) is 50.4 Å². The highest BCUT2D eigenvalue weighted by Gasteiger charge is 2.11. The van der Waals surface area contributed by atoms with Gasteiger partial charge in [0, 0.05) is 18.7 Å². The molecule has 0 rings (SSSR count). The number of carbonyl (C=O) groups is 1. The van der Waals surface area contributed by atoms with Crippen molar-refractivity contribution in [3.63, 3.8) is 0 Å². The van der Waals surface area contributed by atoms with Crippen molar-refractivity contribution in [2.24, 2.45) is 0 Å². The highest BCUT2D eigenvalue weighted by Crippen LogP contribution is 2.08. The van der Waals surface area contributed by atoms with Gasteiger partial charge in [0.25, 0.3) is 0 Å². The normalized spacial score (nSPS) is 12.5. The van der Waals surface area contributed by atoms with E-state index in [1.54, 1.807) is 0 Å². The van der Waals surface area contributed by atoms with Crippen molar-refractivity contribution in [2.75, 3.05) is 19.7 Å². The van der Waals surface area contributed by atoms with Gasteiger partial charge in [-0.3, -0.25) is 4.79 Å². The highest BCUT2D eigenvalue weighted by atomic mass is 16.5. The summed E-state index contributed by atoms with van der Waals surface area (Å²) in [6, 6.07) is 0. The Bertz CT molecular complexity index is 265. The van der Waals surface area contributed by atoms with E-state index in [0.29, 0.717) is 6.54 Å². The lowest BCUT2D eigenvalue weighted by Crippen LogP contribution is -2.43. The van der Waals surface area contributed by atoms with Gasteiger partial charge in [-0.25, -0.2) is 0 Å². The summed E-state index contributed by atoms with van der Waals surface area (Å²) >= 11 is 0. The van der Waals surface area contributed by atoms with Gasteiger partial charge < -0.3 is 15.4 Å². The highest BCUT2D eigenvalue weighted by molar-refractivity contribution is 5.78. The minimum Gasteiger partial charge on any atom is -0.376 e. The molecule has 0 bridgehead atoms. The summed E-state index contributed by atoms with van der Waals surface area (Å²) in [6.45, 7) is 14.4. The van der Waals surface area contributed by atoms with E-state index in [4.69, 9.17) is 4.74 Å². The van der Waals surface area contributed by atoms with Crippen LogP contribution in [0.15, 0.2) is 0 Å². The van der Waals surface area contributed by atoms with Gasteiger partial charge in [-0.1, -0.05) is 12.8 Å². The Labute approximate surface area is 125 Å². The summed E-state index contributed by atoms with van der Waals surface area (Å²) in [6.07, 6.45) is 4.43. The third-order valence-corrected chi connectivity index (χ3v) is 2.71. The Morgan fingerprint density at radius 2 is 1.55 bits per heavy atom. The molecule has 120 valence electrons. The standard InChI is InChI=1S/C16H34N2O2/c1-15(2,3)18-13-14(19)17-11-9-7-8-10-12-20-16(4,5)6/h18H,7-13H2,1-6H3,(H,17,19). The molecule has 0 saturated heterocycles. The molecule has 0 fully saturated rings. The van der Waals surface area contributed by atoms with Crippen molar-refractivity contribution in [2.45, 2.75) is 78.4 Å². The molecule has 4 nitrogen and oxygen atoms in total. The zero-order chi connectivity index (χ0) is 15.6. The van der Waals surface area contributed by atoms with Gasteiger partial charge >= 0.3 is 0 Å². The molecule has 0 aliphatic rings. The molecule has 4 heteroatoms. The van der Waals surface area contributed by atoms with E-state index in [0.717, 1.165) is 38.8 Å². The van der Waals surface area contributed by atoms with Gasteiger partial charge in [-0.2, -0.15) is 0 Å². The fraction of sp³-hybridized carbons (Fsp3) is 0.938. The van der Waals surface area contributed by atoms with Crippen LogP contribution in [-0.4, -0.2) is 36.7 Å². The molecular formula is C16H34N2O2. The zero-order valence-electron chi connectivity index (χ0n) is 14.3. The van der Waals surface area contributed by atoms with Gasteiger partial charge in [0.05, 0.1) is 12.1 Å². The average molecular weight is 286 g/mol. The number of nitrogens with one attached hydrogen (secondary N) is 2. The summed E-state index contributed by atoms with van der Waals surface area (Å²) in [5.74, 6) is 0.0796. The Kier molecular flexibility index (Phi) is 9.06. The second kappa shape index (κ2) is 9.35. The van der Waals surface area contributed by atoms with Crippen LogP contribution in [0.3, 0.4) is 0 Å². The van der Waals surface area contributed by atoms with Crippen LogP contribution in [0.1, 0.15) is 67.2 Å². The Balaban J connectivity index is 3.34. The van der Waals surface area contributed by atoms with E-state index >= 15 is 0 Å². The lowest BCUT2D eigenvalue weighted by Gasteiger charge is -2.20. The smallest absolute Gasteiger partial charge is 0.233 e. The molecule has 2 N–H and O–H groups in total. The van der Waals surface area contributed by atoms with Crippen molar-refractivity contribution in [3.05, 3.63) is 0 Å². The maximum Gasteiger partial charge on any atom is 0.233 e. The van der Waals surface area contributed by atoms with Crippen molar-refractivity contribution in [3.8, 4) is 0 Å². The minimum atomic E-state index is -0.0337. The molecule has 0 aliphatic carbocycles. The molecule has 0 atom stereocenters. The molecule has 0 spiro atoms. The number of rotatable bonds is 9. The lowest BCUT2D eigenvalue weighted by molar-refractivity contribution is -0.120. The summed E-state index contributed by atoms with van der Waals surface area (Å²) < 4.78 is 5.66. The lowest BCUT2D eigenvalue weighted by atomic mass is 10.1. The Hall–Kier alpha value is -0.610. The molecule has 0 aromatic rings. The van der Waals surface area contributed by atoms with E-state index in [-0.39, 0.29) is 17.0 Å². The van der Waals surface area contributed by atoms with Crippen LogP contribution < -0.4 is 10.6 Å². The van der Waals surface area contributed by atoms with Crippen LogP contribution in [0, 0.1) is 0 Å². The quantitative estimate of drug-likeness (QED) is 0.641. The molecular weight excluding hydrogens is 252 g/mol. The second-order valence-corrected chi connectivity index (χ2v) is 7.33. The molecule has 0 aliphatic heterocycles. The summed E-state index contributed by atoms with van der Waals surface area (Å²) in [4.78, 5) is 11.5. The van der Waals surface area contributed by atoms with Gasteiger partial charge in [0.1, 0.15) is 0 Å². The molecule has 0 aromatic heterocycles. The predicted molar refractivity (Wildman–Crippen MR) is 84.9 cm³/mol. The van der Waals surface area contributed by atoms with E-state index in [9.17, 15) is 4.79 Å². The van der Waals surface area contributed by atoms with Crippen molar-refractivity contribution in [1.82, 2.24) is 10.6 Å². The fourth-order valence-electron chi connectivity index (χ4n) is 1.59. The van der Waals surface area contributed by atoms with Crippen LogP contribution in [-0.2, 0) is 9.53 Å². The SMILES string of the molecule is CC(C)(C)NCC(=O)NCCCCCCOC(C)(C)C. The van der Waals surface area contributed by atoms with Gasteiger partial charge in [0.2, 0.25) is 5.91 Å². The van der Waals surface area contributed by atoms with Crippen molar-refractivity contribution >= 4 is 5.91 Å². The average Bonchev–Trinajstić information content (AvgIpc) is 2.27. The Morgan fingerprint density at radius 3 is 2.10 bits per heavy atom. The van der Waals surface area contributed by atoms with Gasteiger partial charge in [-0.05, 0) is 54.4 Å². The van der Waals surface area contributed by atoms with Crippen LogP contribution in [0.5, 0.6) is 0 Å². The van der Waals surface area contributed by atoms with Crippen molar-refractivity contribution in [1.29, 1.82) is 0 Å². The number of carbonyl (C=O) groups excluding carboxylic acids is 1. The molecule has 0 aromatic carbocycles. The minimum absolute atomic E-state index is 0.00953. The molecule has 0 unspecified atom stereocenters. The predicted octanol–water partition coefficient (Wildman–Crippen LogP) is 2.87. The third-order valence-electron chi connectivity index (χ3n) is 2.71. The molecule has 1 amide bonds. The largest absolute Gasteiger partial charge is 0.376 e.